The number of nitrogens with zero attached hydrogens (tertiary/aromatic N) is 5. The second-order valence-electron chi connectivity index (χ2n) is 7.42. The van der Waals surface area contributed by atoms with E-state index in [1.807, 2.05) is 0 Å². The summed E-state index contributed by atoms with van der Waals surface area (Å²) in [6.45, 7) is 2.08. The molecular weight excluding hydrogens is 354 g/mol. The van der Waals surface area contributed by atoms with Gasteiger partial charge < -0.3 is 9.84 Å². The summed E-state index contributed by atoms with van der Waals surface area (Å²) >= 11 is 0. The van der Waals surface area contributed by atoms with Crippen LogP contribution in [0.3, 0.4) is 0 Å². The second kappa shape index (κ2) is 7.03. The summed E-state index contributed by atoms with van der Waals surface area (Å²) in [5, 5.41) is 15.5. The number of aryl methyl sites for hydroxylation is 1. The van der Waals surface area contributed by atoms with Gasteiger partial charge >= 0.3 is 0 Å². The molecule has 8 nitrogen and oxygen atoms in total. The van der Waals surface area contributed by atoms with Crippen LogP contribution in [0.15, 0.2) is 41.3 Å². The Morgan fingerprint density at radius 1 is 1.18 bits per heavy atom. The molecule has 28 heavy (non-hydrogen) atoms. The van der Waals surface area contributed by atoms with E-state index in [1.54, 1.807) is 12.5 Å². The van der Waals surface area contributed by atoms with Crippen molar-refractivity contribution in [3.05, 3.63) is 59.6 Å². The van der Waals surface area contributed by atoms with Gasteiger partial charge in [-0.15, -0.1) is 0 Å². The average Bonchev–Trinajstić information content (AvgIpc) is 3.44. The van der Waals surface area contributed by atoms with E-state index in [1.165, 1.54) is 11.1 Å². The molecule has 0 amide bonds. The minimum atomic E-state index is 0.276. The maximum atomic E-state index is 5.57. The van der Waals surface area contributed by atoms with Gasteiger partial charge in [-0.25, -0.2) is 9.97 Å². The Balaban J connectivity index is 1.24. The molecule has 2 N–H and O–H groups in total. The van der Waals surface area contributed by atoms with Crippen LogP contribution in [0.2, 0.25) is 0 Å². The van der Waals surface area contributed by atoms with Crippen LogP contribution < -0.4 is 5.32 Å². The zero-order chi connectivity index (χ0) is 18.9. The van der Waals surface area contributed by atoms with Crippen LogP contribution in [-0.4, -0.2) is 36.3 Å². The summed E-state index contributed by atoms with van der Waals surface area (Å²) in [6.07, 6.45) is 6.98. The molecule has 0 radical (unpaired) electrons. The number of aromatic nitrogens is 6. The summed E-state index contributed by atoms with van der Waals surface area (Å²) in [4.78, 5) is 13.2. The maximum absolute atomic E-state index is 5.57. The Hall–Kier alpha value is -3.29. The Morgan fingerprint density at radius 2 is 2.07 bits per heavy atom. The molecule has 4 aromatic rings. The lowest BCUT2D eigenvalue weighted by Gasteiger charge is -2.13. The van der Waals surface area contributed by atoms with Crippen LogP contribution in [0.4, 0.5) is 5.82 Å². The molecule has 0 saturated heterocycles. The van der Waals surface area contributed by atoms with E-state index in [4.69, 9.17) is 4.52 Å². The van der Waals surface area contributed by atoms with Gasteiger partial charge in [-0.1, -0.05) is 35.0 Å². The van der Waals surface area contributed by atoms with Gasteiger partial charge in [-0.2, -0.15) is 10.1 Å². The van der Waals surface area contributed by atoms with Crippen molar-refractivity contribution in [3.63, 3.8) is 0 Å². The number of rotatable bonds is 5. The van der Waals surface area contributed by atoms with E-state index in [0.717, 1.165) is 47.8 Å². The molecule has 0 aliphatic heterocycles. The summed E-state index contributed by atoms with van der Waals surface area (Å²) in [5.41, 5.74) is 3.18. The molecule has 0 bridgehead atoms. The minimum Gasteiger partial charge on any atom is -0.367 e. The van der Waals surface area contributed by atoms with Crippen molar-refractivity contribution in [1.82, 2.24) is 30.3 Å². The number of anilines is 1. The second-order valence-corrected chi connectivity index (χ2v) is 7.42. The van der Waals surface area contributed by atoms with Crippen molar-refractivity contribution in [2.24, 2.45) is 0 Å². The quantitative estimate of drug-likeness (QED) is 0.551. The Kier molecular flexibility index (Phi) is 4.23. The first-order valence-corrected chi connectivity index (χ1v) is 9.53. The van der Waals surface area contributed by atoms with Gasteiger partial charge in [0, 0.05) is 18.4 Å². The number of hydrogen-bond donors (Lipinski definition) is 2. The SMILES string of the molecule is Cc1ccc(Cc2noc([C@H]3CC[C@H](Nc4ncnc5[nH]ncc45)C3)n2)cc1. The van der Waals surface area contributed by atoms with Crippen molar-refractivity contribution in [3.8, 4) is 0 Å². The largest absolute Gasteiger partial charge is 0.367 e. The summed E-state index contributed by atoms with van der Waals surface area (Å²) < 4.78 is 5.57. The van der Waals surface area contributed by atoms with Crippen LogP contribution in [0.25, 0.3) is 11.0 Å². The zero-order valence-corrected chi connectivity index (χ0v) is 15.6. The maximum Gasteiger partial charge on any atom is 0.229 e. The topological polar surface area (TPSA) is 105 Å². The van der Waals surface area contributed by atoms with Gasteiger partial charge in [0.05, 0.1) is 11.6 Å². The standard InChI is InChI=1S/C20H21N7O/c1-12-2-4-13(5-3-12)8-17-25-20(28-27-17)14-6-7-15(9-14)24-18-16-10-23-26-19(16)22-11-21-18/h2-5,10-11,14-15H,6-9H2,1H3,(H2,21,22,23,24,26)/t14-,15-/m0/s1. The normalized spacial score (nSPS) is 19.3. The molecule has 8 heteroatoms. The molecule has 0 spiro atoms. The van der Waals surface area contributed by atoms with Gasteiger partial charge in [-0.05, 0) is 31.7 Å². The number of aromatic amines is 1. The first kappa shape index (κ1) is 16.9. The molecule has 3 heterocycles. The van der Waals surface area contributed by atoms with E-state index >= 15 is 0 Å². The van der Waals surface area contributed by atoms with Crippen LogP contribution in [0.5, 0.6) is 0 Å². The van der Waals surface area contributed by atoms with Crippen LogP contribution in [0, 0.1) is 6.92 Å². The lowest BCUT2D eigenvalue weighted by atomic mass is 10.1. The predicted octanol–water partition coefficient (Wildman–Crippen LogP) is 3.38. The number of H-pyrrole nitrogens is 1. The fourth-order valence-corrected chi connectivity index (χ4v) is 3.80. The van der Waals surface area contributed by atoms with Gasteiger partial charge in [0.1, 0.15) is 12.1 Å². The predicted molar refractivity (Wildman–Crippen MR) is 104 cm³/mol. The molecule has 142 valence electrons. The monoisotopic (exact) mass is 375 g/mol. The van der Waals surface area contributed by atoms with Crippen molar-refractivity contribution in [1.29, 1.82) is 0 Å². The Bertz CT molecular complexity index is 1090. The van der Waals surface area contributed by atoms with E-state index in [-0.39, 0.29) is 5.92 Å². The minimum absolute atomic E-state index is 0.276. The smallest absolute Gasteiger partial charge is 0.229 e. The van der Waals surface area contributed by atoms with E-state index < -0.39 is 0 Å². The van der Waals surface area contributed by atoms with Crippen LogP contribution in [0.1, 0.15) is 48.0 Å². The summed E-state index contributed by atoms with van der Waals surface area (Å²) in [7, 11) is 0. The molecule has 1 aromatic carbocycles. The van der Waals surface area contributed by atoms with E-state index in [2.05, 4.69) is 66.8 Å². The molecule has 1 fully saturated rings. The Labute approximate surface area is 161 Å². The highest BCUT2D eigenvalue weighted by atomic mass is 16.5. The summed E-state index contributed by atoms with van der Waals surface area (Å²) in [6, 6.07) is 8.74. The third kappa shape index (κ3) is 3.33. The first-order valence-electron chi connectivity index (χ1n) is 9.53. The number of nitrogens with one attached hydrogen (secondary N) is 2. The summed E-state index contributed by atoms with van der Waals surface area (Å²) in [5.74, 6) is 2.57. The van der Waals surface area contributed by atoms with Crippen molar-refractivity contribution in [2.75, 3.05) is 5.32 Å². The molecule has 3 aromatic heterocycles. The molecular formula is C20H21N7O. The average molecular weight is 375 g/mol. The fraction of sp³-hybridized carbons (Fsp3) is 0.350. The number of fused-ring (bicyclic) bond motifs is 1. The highest BCUT2D eigenvalue weighted by Gasteiger charge is 2.30. The van der Waals surface area contributed by atoms with Crippen molar-refractivity contribution in [2.45, 2.75) is 44.6 Å². The highest BCUT2D eigenvalue weighted by Crippen LogP contribution is 2.35. The first-order chi connectivity index (χ1) is 13.7. The third-order valence-electron chi connectivity index (χ3n) is 5.34. The third-order valence-corrected chi connectivity index (χ3v) is 5.34. The molecule has 5 rings (SSSR count). The van der Waals surface area contributed by atoms with Gasteiger partial charge in [-0.3, -0.25) is 5.10 Å². The zero-order valence-electron chi connectivity index (χ0n) is 15.6. The number of benzene rings is 1. The van der Waals surface area contributed by atoms with Gasteiger partial charge in [0.2, 0.25) is 5.89 Å². The van der Waals surface area contributed by atoms with Crippen LogP contribution in [-0.2, 0) is 6.42 Å². The van der Waals surface area contributed by atoms with E-state index in [9.17, 15) is 0 Å². The van der Waals surface area contributed by atoms with Crippen molar-refractivity contribution < 1.29 is 4.52 Å². The molecule has 1 saturated carbocycles. The van der Waals surface area contributed by atoms with E-state index in [0.29, 0.717) is 12.5 Å². The lowest BCUT2D eigenvalue weighted by molar-refractivity contribution is 0.350. The molecule has 2 atom stereocenters. The van der Waals surface area contributed by atoms with Gasteiger partial charge in [0.25, 0.3) is 0 Å². The molecule has 1 aliphatic rings. The molecule has 0 unspecified atom stereocenters. The number of hydrogen-bond acceptors (Lipinski definition) is 7. The molecule has 1 aliphatic carbocycles. The van der Waals surface area contributed by atoms with Crippen molar-refractivity contribution >= 4 is 16.9 Å². The highest BCUT2D eigenvalue weighted by molar-refractivity contribution is 5.85. The van der Waals surface area contributed by atoms with Gasteiger partial charge in [0.15, 0.2) is 11.5 Å². The Morgan fingerprint density at radius 3 is 2.96 bits per heavy atom. The van der Waals surface area contributed by atoms with Crippen LogP contribution >= 0.6 is 0 Å². The lowest BCUT2D eigenvalue weighted by Crippen LogP contribution is -2.16. The fourth-order valence-electron chi connectivity index (χ4n) is 3.80.